The summed E-state index contributed by atoms with van der Waals surface area (Å²) >= 11 is 0. The second kappa shape index (κ2) is 11.6. The molecule has 2 aromatic carbocycles. The van der Waals surface area contributed by atoms with Gasteiger partial charge in [0.15, 0.2) is 5.96 Å². The number of carbonyl (C=O) groups is 1. The van der Waals surface area contributed by atoms with Crippen LogP contribution in [0, 0.1) is 6.92 Å². The molecule has 2 aromatic rings. The first-order valence-corrected chi connectivity index (χ1v) is 11.1. The van der Waals surface area contributed by atoms with Crippen LogP contribution in [0.1, 0.15) is 33.2 Å². The number of hydrogen-bond acceptors (Lipinski definition) is 4. The van der Waals surface area contributed by atoms with Gasteiger partial charge in [-0.3, -0.25) is 9.79 Å². The van der Waals surface area contributed by atoms with Gasteiger partial charge in [-0.05, 0) is 49.8 Å². The normalized spacial score (nSPS) is 16.8. The molecular weight excluding hydrogens is 402 g/mol. The lowest BCUT2D eigenvalue weighted by Crippen LogP contribution is -2.48. The summed E-state index contributed by atoms with van der Waals surface area (Å²) in [6.07, 6.45) is 0.0256. The third-order valence-corrected chi connectivity index (χ3v) is 5.60. The third-order valence-electron chi connectivity index (χ3n) is 5.60. The lowest BCUT2D eigenvalue weighted by Gasteiger charge is -2.35. The van der Waals surface area contributed by atoms with Crippen molar-refractivity contribution >= 4 is 11.9 Å². The Morgan fingerprint density at radius 2 is 2.00 bits per heavy atom. The summed E-state index contributed by atoms with van der Waals surface area (Å²) in [6.45, 7) is 6.34. The highest BCUT2D eigenvalue weighted by molar-refractivity contribution is 5.94. The first-order chi connectivity index (χ1) is 15.5. The molecule has 1 atom stereocenters. The highest BCUT2D eigenvalue weighted by Crippen LogP contribution is 2.25. The summed E-state index contributed by atoms with van der Waals surface area (Å²) in [5.74, 6) is 0.792. The molecular formula is C25H35N5O2. The Balaban J connectivity index is 1.58. The number of carbonyl (C=O) groups excluding carboxylic acids is 1. The van der Waals surface area contributed by atoms with E-state index < -0.39 is 0 Å². The summed E-state index contributed by atoms with van der Waals surface area (Å²) < 4.78 is 6.05. The predicted octanol–water partition coefficient (Wildman–Crippen LogP) is 2.44. The van der Waals surface area contributed by atoms with Crippen molar-refractivity contribution in [1.82, 2.24) is 20.4 Å². The number of aryl methyl sites for hydroxylation is 1. The Morgan fingerprint density at radius 1 is 1.19 bits per heavy atom. The van der Waals surface area contributed by atoms with Crippen LogP contribution < -0.4 is 10.6 Å². The molecule has 7 nitrogen and oxygen atoms in total. The summed E-state index contributed by atoms with van der Waals surface area (Å²) in [7, 11) is 5.78. The molecule has 1 amide bonds. The first-order valence-electron chi connectivity index (χ1n) is 11.1. The highest BCUT2D eigenvalue weighted by Gasteiger charge is 2.25. The quantitative estimate of drug-likeness (QED) is 0.514. The molecule has 1 saturated heterocycles. The SMILES string of the molecule is CN=C(NCc1cccc(C(=O)NCCN(C)C)c1)N1CCOC(c2ccccc2C)C1. The van der Waals surface area contributed by atoms with E-state index in [-0.39, 0.29) is 12.0 Å². The van der Waals surface area contributed by atoms with E-state index in [0.29, 0.717) is 25.3 Å². The number of nitrogens with zero attached hydrogens (tertiary/aromatic N) is 3. The van der Waals surface area contributed by atoms with Crippen molar-refractivity contribution in [3.05, 3.63) is 70.8 Å². The van der Waals surface area contributed by atoms with Gasteiger partial charge in [-0.1, -0.05) is 36.4 Å². The van der Waals surface area contributed by atoms with E-state index in [1.54, 1.807) is 7.05 Å². The van der Waals surface area contributed by atoms with Crippen LogP contribution in [0.3, 0.4) is 0 Å². The Hall–Kier alpha value is -2.90. The molecule has 1 fully saturated rings. The summed E-state index contributed by atoms with van der Waals surface area (Å²) in [4.78, 5) is 21.2. The molecule has 0 spiro atoms. The second-order valence-electron chi connectivity index (χ2n) is 8.32. The van der Waals surface area contributed by atoms with E-state index in [1.165, 1.54) is 11.1 Å². The molecule has 1 unspecified atom stereocenters. The van der Waals surface area contributed by atoms with Gasteiger partial charge in [0, 0.05) is 38.8 Å². The average Bonchev–Trinajstić information content (AvgIpc) is 2.80. The minimum Gasteiger partial charge on any atom is -0.370 e. The van der Waals surface area contributed by atoms with Crippen LogP contribution in [0.15, 0.2) is 53.5 Å². The summed E-state index contributed by atoms with van der Waals surface area (Å²) in [6, 6.07) is 16.1. The van der Waals surface area contributed by atoms with Crippen LogP contribution in [0.2, 0.25) is 0 Å². The van der Waals surface area contributed by atoms with E-state index >= 15 is 0 Å². The Morgan fingerprint density at radius 3 is 2.75 bits per heavy atom. The molecule has 172 valence electrons. The van der Waals surface area contributed by atoms with Crippen molar-refractivity contribution in [1.29, 1.82) is 0 Å². The number of ether oxygens (including phenoxy) is 1. The Bertz CT molecular complexity index is 928. The van der Waals surface area contributed by atoms with Gasteiger partial charge in [-0.15, -0.1) is 0 Å². The number of amides is 1. The molecule has 0 aliphatic carbocycles. The fourth-order valence-electron chi connectivity index (χ4n) is 3.81. The van der Waals surface area contributed by atoms with E-state index in [4.69, 9.17) is 4.74 Å². The van der Waals surface area contributed by atoms with E-state index in [1.807, 2.05) is 43.3 Å². The van der Waals surface area contributed by atoms with Crippen LogP contribution >= 0.6 is 0 Å². The maximum atomic E-state index is 12.4. The van der Waals surface area contributed by atoms with Gasteiger partial charge >= 0.3 is 0 Å². The van der Waals surface area contributed by atoms with Crippen LogP contribution in [-0.2, 0) is 11.3 Å². The molecule has 32 heavy (non-hydrogen) atoms. The van der Waals surface area contributed by atoms with E-state index in [9.17, 15) is 4.79 Å². The van der Waals surface area contributed by atoms with E-state index in [2.05, 4.69) is 51.7 Å². The molecule has 7 heteroatoms. The zero-order chi connectivity index (χ0) is 22.9. The van der Waals surface area contributed by atoms with Crippen molar-refractivity contribution < 1.29 is 9.53 Å². The van der Waals surface area contributed by atoms with Crippen LogP contribution in [0.5, 0.6) is 0 Å². The van der Waals surface area contributed by atoms with Gasteiger partial charge in [0.1, 0.15) is 6.10 Å². The molecule has 0 aromatic heterocycles. The van der Waals surface area contributed by atoms with Crippen molar-refractivity contribution in [3.63, 3.8) is 0 Å². The number of guanidine groups is 1. The van der Waals surface area contributed by atoms with Crippen molar-refractivity contribution in [3.8, 4) is 0 Å². The predicted molar refractivity (Wildman–Crippen MR) is 129 cm³/mol. The Kier molecular flexibility index (Phi) is 8.64. The molecule has 0 saturated carbocycles. The van der Waals surface area contributed by atoms with Gasteiger partial charge in [0.25, 0.3) is 5.91 Å². The smallest absolute Gasteiger partial charge is 0.251 e. The Labute approximate surface area is 191 Å². The van der Waals surface area contributed by atoms with Crippen LogP contribution in [-0.4, -0.2) is 75.6 Å². The number of hydrogen-bond donors (Lipinski definition) is 2. The first kappa shape index (κ1) is 23.8. The maximum absolute atomic E-state index is 12.4. The summed E-state index contributed by atoms with van der Waals surface area (Å²) in [5, 5.41) is 6.41. The van der Waals surface area contributed by atoms with Gasteiger partial charge in [0.05, 0.1) is 13.2 Å². The second-order valence-corrected chi connectivity index (χ2v) is 8.32. The zero-order valence-electron chi connectivity index (χ0n) is 19.6. The maximum Gasteiger partial charge on any atom is 0.251 e. The molecule has 1 aliphatic heterocycles. The fourth-order valence-corrected chi connectivity index (χ4v) is 3.81. The number of nitrogens with one attached hydrogen (secondary N) is 2. The largest absolute Gasteiger partial charge is 0.370 e. The number of benzene rings is 2. The van der Waals surface area contributed by atoms with Gasteiger partial charge in [-0.2, -0.15) is 0 Å². The fraction of sp³-hybridized carbons (Fsp3) is 0.440. The molecule has 1 heterocycles. The number of rotatable bonds is 7. The lowest BCUT2D eigenvalue weighted by molar-refractivity contribution is -0.00834. The van der Waals surface area contributed by atoms with Gasteiger partial charge < -0.3 is 25.2 Å². The third kappa shape index (κ3) is 6.55. The molecule has 0 radical (unpaired) electrons. The van der Waals surface area contributed by atoms with Crippen LogP contribution in [0.4, 0.5) is 0 Å². The summed E-state index contributed by atoms with van der Waals surface area (Å²) in [5.41, 5.74) is 4.17. The van der Waals surface area contributed by atoms with Crippen LogP contribution in [0.25, 0.3) is 0 Å². The standard InChI is InChI=1S/C25H35N5O2/c1-19-8-5-6-11-22(19)23-18-30(14-15-32-23)25(26-2)28-17-20-9-7-10-21(16-20)24(31)27-12-13-29(3)4/h5-11,16,23H,12-15,17-18H2,1-4H3,(H,26,28)(H,27,31). The van der Waals surface area contributed by atoms with Gasteiger partial charge in [-0.25, -0.2) is 0 Å². The molecule has 2 N–H and O–H groups in total. The average molecular weight is 438 g/mol. The number of aliphatic imine (C=N–C) groups is 1. The number of morpholine rings is 1. The topological polar surface area (TPSA) is 69.2 Å². The molecule has 1 aliphatic rings. The zero-order valence-corrected chi connectivity index (χ0v) is 19.6. The molecule has 3 rings (SSSR count). The minimum absolute atomic E-state index is 0.0256. The van der Waals surface area contributed by atoms with Crippen molar-refractivity contribution in [2.75, 3.05) is 53.9 Å². The lowest BCUT2D eigenvalue weighted by atomic mass is 10.0. The monoisotopic (exact) mass is 437 g/mol. The highest BCUT2D eigenvalue weighted by atomic mass is 16.5. The molecule has 0 bridgehead atoms. The minimum atomic E-state index is -0.0488. The van der Waals surface area contributed by atoms with E-state index in [0.717, 1.165) is 31.2 Å². The van der Waals surface area contributed by atoms with Gasteiger partial charge in [0.2, 0.25) is 0 Å². The van der Waals surface area contributed by atoms with Crippen molar-refractivity contribution in [2.45, 2.75) is 19.6 Å². The number of likely N-dealkylation sites (N-methyl/N-ethyl adjacent to an activating group) is 1. The van der Waals surface area contributed by atoms with Crippen molar-refractivity contribution in [2.24, 2.45) is 4.99 Å².